The summed E-state index contributed by atoms with van der Waals surface area (Å²) in [4.78, 5) is 4.29. The van der Waals surface area contributed by atoms with E-state index in [4.69, 9.17) is 0 Å². The molecular weight excluding hydrogens is 164 g/mol. The second-order valence-electron chi connectivity index (χ2n) is 3.45. The minimum atomic E-state index is 1.02. The van der Waals surface area contributed by atoms with Gasteiger partial charge in [0.2, 0.25) is 0 Å². The van der Waals surface area contributed by atoms with E-state index < -0.39 is 0 Å². The van der Waals surface area contributed by atoms with E-state index in [1.165, 1.54) is 13.0 Å². The largest absolute Gasteiger partial charge is 0.338 e. The van der Waals surface area contributed by atoms with Gasteiger partial charge in [0.1, 0.15) is 5.82 Å². The van der Waals surface area contributed by atoms with Crippen LogP contribution < -0.4 is 5.43 Å². The number of imidazole rings is 1. The zero-order valence-electron chi connectivity index (χ0n) is 8.03. The summed E-state index contributed by atoms with van der Waals surface area (Å²) in [5, 5.41) is 2.27. The molecule has 1 fully saturated rings. The zero-order valence-corrected chi connectivity index (χ0v) is 8.03. The molecule has 4 nitrogen and oxygen atoms in total. The predicted molar refractivity (Wildman–Crippen MR) is 51.1 cm³/mol. The molecule has 1 N–H and O–H groups in total. The van der Waals surface area contributed by atoms with E-state index in [0.717, 1.165) is 25.3 Å². The van der Waals surface area contributed by atoms with Crippen LogP contribution in [-0.2, 0) is 13.5 Å². The average Bonchev–Trinajstić information content (AvgIpc) is 2.72. The molecule has 0 unspecified atom stereocenters. The van der Waals surface area contributed by atoms with E-state index >= 15 is 0 Å². The highest BCUT2D eigenvalue weighted by Crippen LogP contribution is 2.00. The van der Waals surface area contributed by atoms with Crippen molar-refractivity contribution < 1.29 is 0 Å². The monoisotopic (exact) mass is 180 g/mol. The van der Waals surface area contributed by atoms with Crippen LogP contribution in [0.3, 0.4) is 0 Å². The molecule has 0 aromatic carbocycles. The van der Waals surface area contributed by atoms with E-state index in [9.17, 15) is 0 Å². The SMILES string of the molecule is Cn1ccnc1CCN1CCCN1. The molecule has 0 saturated carbocycles. The first-order valence-corrected chi connectivity index (χ1v) is 4.81. The smallest absolute Gasteiger partial charge is 0.109 e. The quantitative estimate of drug-likeness (QED) is 0.720. The Morgan fingerprint density at radius 2 is 2.54 bits per heavy atom. The fraction of sp³-hybridized carbons (Fsp3) is 0.667. The van der Waals surface area contributed by atoms with Crippen LogP contribution in [0.4, 0.5) is 0 Å². The average molecular weight is 180 g/mol. The van der Waals surface area contributed by atoms with Gasteiger partial charge in [0.25, 0.3) is 0 Å². The number of hydrogen-bond donors (Lipinski definition) is 1. The van der Waals surface area contributed by atoms with Crippen molar-refractivity contribution in [3.05, 3.63) is 18.2 Å². The molecule has 13 heavy (non-hydrogen) atoms. The summed E-state index contributed by atoms with van der Waals surface area (Å²) in [6, 6.07) is 0. The third-order valence-corrected chi connectivity index (χ3v) is 2.47. The number of aryl methyl sites for hydroxylation is 1. The third-order valence-electron chi connectivity index (χ3n) is 2.47. The Kier molecular flexibility index (Phi) is 2.61. The fourth-order valence-corrected chi connectivity index (χ4v) is 1.65. The highest BCUT2D eigenvalue weighted by atomic mass is 15.5. The summed E-state index contributed by atoms with van der Waals surface area (Å²) >= 11 is 0. The molecule has 72 valence electrons. The van der Waals surface area contributed by atoms with Crippen LogP contribution in [0.25, 0.3) is 0 Å². The van der Waals surface area contributed by atoms with Gasteiger partial charge in [-0.2, -0.15) is 0 Å². The molecular formula is C9H16N4. The Morgan fingerprint density at radius 3 is 3.15 bits per heavy atom. The van der Waals surface area contributed by atoms with Crippen LogP contribution >= 0.6 is 0 Å². The van der Waals surface area contributed by atoms with Crippen molar-refractivity contribution in [1.82, 2.24) is 20.0 Å². The van der Waals surface area contributed by atoms with E-state index in [1.54, 1.807) is 0 Å². The van der Waals surface area contributed by atoms with Crippen molar-refractivity contribution in [2.45, 2.75) is 12.8 Å². The summed E-state index contributed by atoms with van der Waals surface area (Å²) in [6.45, 7) is 3.36. The second-order valence-corrected chi connectivity index (χ2v) is 3.45. The van der Waals surface area contributed by atoms with Crippen molar-refractivity contribution in [3.63, 3.8) is 0 Å². The molecule has 1 aromatic rings. The van der Waals surface area contributed by atoms with Crippen LogP contribution in [0.1, 0.15) is 12.2 Å². The molecule has 2 rings (SSSR count). The molecule has 0 atom stereocenters. The molecule has 1 aromatic heterocycles. The molecule has 0 spiro atoms. The molecule has 0 bridgehead atoms. The van der Waals surface area contributed by atoms with Crippen LogP contribution in [0.15, 0.2) is 12.4 Å². The molecule has 1 aliphatic heterocycles. The molecule has 0 radical (unpaired) electrons. The van der Waals surface area contributed by atoms with Gasteiger partial charge in [0, 0.05) is 45.5 Å². The molecule has 0 aliphatic carbocycles. The lowest BCUT2D eigenvalue weighted by molar-refractivity contribution is 0.254. The molecule has 0 amide bonds. The molecule has 1 saturated heterocycles. The highest BCUT2D eigenvalue weighted by molar-refractivity contribution is 4.91. The van der Waals surface area contributed by atoms with Gasteiger partial charge in [-0.05, 0) is 6.42 Å². The van der Waals surface area contributed by atoms with Gasteiger partial charge in [-0.15, -0.1) is 0 Å². The first kappa shape index (κ1) is 8.72. The summed E-state index contributed by atoms with van der Waals surface area (Å²) < 4.78 is 2.08. The minimum absolute atomic E-state index is 1.02. The topological polar surface area (TPSA) is 33.1 Å². The molecule has 4 heteroatoms. The number of hydrogen-bond acceptors (Lipinski definition) is 3. The Morgan fingerprint density at radius 1 is 1.62 bits per heavy atom. The Balaban J connectivity index is 1.82. The number of nitrogens with one attached hydrogen (secondary N) is 1. The van der Waals surface area contributed by atoms with Gasteiger partial charge >= 0.3 is 0 Å². The van der Waals surface area contributed by atoms with Gasteiger partial charge in [0.15, 0.2) is 0 Å². The first-order chi connectivity index (χ1) is 6.36. The maximum atomic E-state index is 4.29. The van der Waals surface area contributed by atoms with E-state index in [1.807, 2.05) is 19.4 Å². The van der Waals surface area contributed by atoms with Crippen LogP contribution in [0.2, 0.25) is 0 Å². The number of hydrazine groups is 1. The Hall–Kier alpha value is -0.870. The van der Waals surface area contributed by atoms with Crippen molar-refractivity contribution >= 4 is 0 Å². The molecule has 2 heterocycles. The summed E-state index contributed by atoms with van der Waals surface area (Å²) in [7, 11) is 2.04. The van der Waals surface area contributed by atoms with Crippen molar-refractivity contribution in [3.8, 4) is 0 Å². The van der Waals surface area contributed by atoms with E-state index in [-0.39, 0.29) is 0 Å². The van der Waals surface area contributed by atoms with Crippen molar-refractivity contribution in [1.29, 1.82) is 0 Å². The number of aromatic nitrogens is 2. The fourth-order valence-electron chi connectivity index (χ4n) is 1.65. The maximum absolute atomic E-state index is 4.29. The van der Waals surface area contributed by atoms with Crippen LogP contribution in [0, 0.1) is 0 Å². The lowest BCUT2D eigenvalue weighted by Crippen LogP contribution is -2.32. The lowest BCUT2D eigenvalue weighted by atomic mass is 10.4. The van der Waals surface area contributed by atoms with Crippen molar-refractivity contribution in [2.24, 2.45) is 7.05 Å². The standard InChI is InChI=1S/C9H16N4/c1-12-8-5-10-9(12)3-7-13-6-2-4-11-13/h5,8,11H,2-4,6-7H2,1H3. The van der Waals surface area contributed by atoms with Gasteiger partial charge < -0.3 is 4.57 Å². The predicted octanol–water partition coefficient (Wildman–Crippen LogP) is 0.173. The summed E-state index contributed by atoms with van der Waals surface area (Å²) in [5.74, 6) is 1.16. The zero-order chi connectivity index (χ0) is 9.10. The normalized spacial score (nSPS) is 18.2. The summed E-state index contributed by atoms with van der Waals surface area (Å²) in [5.41, 5.74) is 3.33. The highest BCUT2D eigenvalue weighted by Gasteiger charge is 2.10. The van der Waals surface area contributed by atoms with Gasteiger partial charge in [-0.3, -0.25) is 5.43 Å². The van der Waals surface area contributed by atoms with E-state index in [2.05, 4.69) is 20.0 Å². The van der Waals surface area contributed by atoms with Gasteiger partial charge in [-0.25, -0.2) is 9.99 Å². The first-order valence-electron chi connectivity index (χ1n) is 4.81. The maximum Gasteiger partial charge on any atom is 0.109 e. The van der Waals surface area contributed by atoms with Gasteiger partial charge in [0.05, 0.1) is 0 Å². The number of nitrogens with zero attached hydrogens (tertiary/aromatic N) is 3. The number of rotatable bonds is 3. The third kappa shape index (κ3) is 2.08. The molecule has 1 aliphatic rings. The van der Waals surface area contributed by atoms with Crippen LogP contribution in [-0.4, -0.2) is 34.2 Å². The summed E-state index contributed by atoms with van der Waals surface area (Å²) in [6.07, 6.45) is 6.14. The Labute approximate surface area is 78.5 Å². The van der Waals surface area contributed by atoms with Crippen LogP contribution in [0.5, 0.6) is 0 Å². The van der Waals surface area contributed by atoms with E-state index in [0.29, 0.717) is 0 Å². The van der Waals surface area contributed by atoms with Gasteiger partial charge in [-0.1, -0.05) is 0 Å². The minimum Gasteiger partial charge on any atom is -0.338 e. The Bertz CT molecular complexity index is 262. The second kappa shape index (κ2) is 3.89. The van der Waals surface area contributed by atoms with Crippen molar-refractivity contribution in [2.75, 3.05) is 19.6 Å². The lowest BCUT2D eigenvalue weighted by Gasteiger charge is -2.14.